The molecule has 5 heteroatoms. The normalized spacial score (nSPS) is 12.6. The lowest BCUT2D eigenvalue weighted by atomic mass is 10.1. The maximum Gasteiger partial charge on any atom is 0.320 e. The summed E-state index contributed by atoms with van der Waals surface area (Å²) >= 11 is 0. The van der Waals surface area contributed by atoms with Crippen LogP contribution in [0.1, 0.15) is 44.9 Å². The van der Waals surface area contributed by atoms with Gasteiger partial charge < -0.3 is 21.9 Å². The minimum Gasteiger partial charge on any atom is -0.480 e. The van der Waals surface area contributed by atoms with Gasteiger partial charge in [0.05, 0.1) is 0 Å². The van der Waals surface area contributed by atoms with Crippen molar-refractivity contribution in [2.75, 3.05) is 19.6 Å². The second-order valence-corrected chi connectivity index (χ2v) is 4.39. The topological polar surface area (TPSA) is 101 Å². The van der Waals surface area contributed by atoms with Gasteiger partial charge in [0.15, 0.2) is 0 Å². The second-order valence-electron chi connectivity index (χ2n) is 4.39. The molecule has 102 valence electrons. The summed E-state index contributed by atoms with van der Waals surface area (Å²) in [6.45, 7) is 2.77. The molecular weight excluding hydrogens is 218 g/mol. The van der Waals surface area contributed by atoms with Crippen LogP contribution in [-0.2, 0) is 4.79 Å². The minimum atomic E-state index is -0.905. The van der Waals surface area contributed by atoms with E-state index in [9.17, 15) is 4.79 Å². The van der Waals surface area contributed by atoms with Gasteiger partial charge in [0.1, 0.15) is 6.04 Å². The predicted molar refractivity (Wildman–Crippen MR) is 69.9 cm³/mol. The Kier molecular flexibility index (Phi) is 11.4. The number of carbonyl (C=O) groups is 1. The van der Waals surface area contributed by atoms with Crippen LogP contribution in [0.3, 0.4) is 0 Å². The average molecular weight is 245 g/mol. The van der Waals surface area contributed by atoms with Crippen molar-refractivity contribution >= 4 is 5.97 Å². The summed E-state index contributed by atoms with van der Waals surface area (Å²) in [5.74, 6) is -0.905. The molecule has 0 rings (SSSR count). The monoisotopic (exact) mass is 245 g/mol. The van der Waals surface area contributed by atoms with E-state index in [4.69, 9.17) is 16.6 Å². The highest BCUT2D eigenvalue weighted by atomic mass is 16.4. The van der Waals surface area contributed by atoms with Gasteiger partial charge in [-0.05, 0) is 45.3 Å². The van der Waals surface area contributed by atoms with Crippen molar-refractivity contribution < 1.29 is 9.90 Å². The van der Waals surface area contributed by atoms with Crippen LogP contribution in [0.5, 0.6) is 0 Å². The zero-order valence-electron chi connectivity index (χ0n) is 10.7. The molecule has 0 spiro atoms. The lowest BCUT2D eigenvalue weighted by Gasteiger charge is -2.07. The number of rotatable bonds is 12. The first-order valence-corrected chi connectivity index (χ1v) is 6.57. The Morgan fingerprint density at radius 2 is 1.65 bits per heavy atom. The average Bonchev–Trinajstić information content (AvgIpc) is 2.31. The van der Waals surface area contributed by atoms with Gasteiger partial charge in [-0.2, -0.15) is 0 Å². The van der Waals surface area contributed by atoms with Crippen molar-refractivity contribution in [1.82, 2.24) is 5.32 Å². The molecule has 0 fully saturated rings. The third-order valence-corrected chi connectivity index (χ3v) is 2.74. The molecule has 17 heavy (non-hydrogen) atoms. The Hall–Kier alpha value is -0.650. The van der Waals surface area contributed by atoms with E-state index in [0.717, 1.165) is 38.9 Å². The van der Waals surface area contributed by atoms with Crippen LogP contribution in [0.2, 0.25) is 0 Å². The van der Waals surface area contributed by atoms with E-state index in [1.165, 1.54) is 19.3 Å². The molecule has 0 aliphatic carbocycles. The second kappa shape index (κ2) is 11.8. The number of hydrogen-bond donors (Lipinski definition) is 4. The quantitative estimate of drug-likeness (QED) is 0.379. The highest BCUT2D eigenvalue weighted by molar-refractivity contribution is 5.72. The zero-order valence-corrected chi connectivity index (χ0v) is 10.7. The first-order chi connectivity index (χ1) is 8.18. The summed E-state index contributed by atoms with van der Waals surface area (Å²) in [5, 5.41) is 11.9. The third kappa shape index (κ3) is 11.6. The molecule has 0 heterocycles. The van der Waals surface area contributed by atoms with Gasteiger partial charge in [0.25, 0.3) is 0 Å². The molecule has 0 saturated carbocycles. The highest BCUT2D eigenvalue weighted by Gasteiger charge is 2.09. The van der Waals surface area contributed by atoms with Gasteiger partial charge in [-0.25, -0.2) is 0 Å². The fourth-order valence-corrected chi connectivity index (χ4v) is 1.61. The maximum atomic E-state index is 10.4. The Morgan fingerprint density at radius 3 is 2.24 bits per heavy atom. The van der Waals surface area contributed by atoms with Crippen molar-refractivity contribution in [3.05, 3.63) is 0 Å². The Balaban J connectivity index is 3.06. The van der Waals surface area contributed by atoms with Crippen LogP contribution >= 0.6 is 0 Å². The van der Waals surface area contributed by atoms with Gasteiger partial charge >= 0.3 is 5.97 Å². The number of nitrogens with two attached hydrogens (primary N) is 2. The Bertz CT molecular complexity index is 189. The van der Waals surface area contributed by atoms with E-state index in [-0.39, 0.29) is 0 Å². The van der Waals surface area contributed by atoms with Crippen LogP contribution in [0, 0.1) is 0 Å². The molecule has 6 N–H and O–H groups in total. The number of aliphatic carboxylic acids is 1. The summed E-state index contributed by atoms with van der Waals surface area (Å²) in [7, 11) is 0. The number of nitrogens with one attached hydrogen (secondary N) is 1. The van der Waals surface area contributed by atoms with E-state index in [1.54, 1.807) is 0 Å². The van der Waals surface area contributed by atoms with Crippen LogP contribution < -0.4 is 16.8 Å². The Labute approximate surface area is 104 Å². The molecule has 0 aromatic rings. The molecule has 0 bridgehead atoms. The lowest BCUT2D eigenvalue weighted by molar-refractivity contribution is -0.138. The molecule has 0 aliphatic rings. The van der Waals surface area contributed by atoms with E-state index < -0.39 is 12.0 Å². The van der Waals surface area contributed by atoms with Crippen molar-refractivity contribution in [2.45, 2.75) is 51.0 Å². The Morgan fingerprint density at radius 1 is 1.06 bits per heavy atom. The molecule has 0 saturated heterocycles. The first kappa shape index (κ1) is 16.4. The minimum absolute atomic E-state index is 0.563. The van der Waals surface area contributed by atoms with Gasteiger partial charge in [-0.1, -0.05) is 19.3 Å². The molecule has 0 aromatic carbocycles. The van der Waals surface area contributed by atoms with Crippen molar-refractivity contribution in [3.8, 4) is 0 Å². The summed E-state index contributed by atoms with van der Waals surface area (Å²) in [4.78, 5) is 10.4. The van der Waals surface area contributed by atoms with Crippen molar-refractivity contribution in [1.29, 1.82) is 0 Å². The fraction of sp³-hybridized carbons (Fsp3) is 0.917. The summed E-state index contributed by atoms with van der Waals surface area (Å²) in [6, 6.07) is -0.703. The van der Waals surface area contributed by atoms with Gasteiger partial charge in [-0.15, -0.1) is 0 Å². The number of carboxylic acid groups (broad SMARTS) is 1. The van der Waals surface area contributed by atoms with E-state index in [2.05, 4.69) is 5.32 Å². The fourth-order valence-electron chi connectivity index (χ4n) is 1.61. The van der Waals surface area contributed by atoms with E-state index in [0.29, 0.717) is 6.42 Å². The number of carboxylic acids is 1. The lowest BCUT2D eigenvalue weighted by Crippen LogP contribution is -2.30. The third-order valence-electron chi connectivity index (χ3n) is 2.74. The molecule has 0 aliphatic heterocycles. The molecular formula is C12H27N3O2. The number of unbranched alkanes of at least 4 members (excludes halogenated alkanes) is 4. The predicted octanol–water partition coefficient (Wildman–Crippen LogP) is 0.677. The van der Waals surface area contributed by atoms with Crippen LogP contribution in [0.15, 0.2) is 0 Å². The maximum absolute atomic E-state index is 10.4. The summed E-state index contributed by atoms with van der Waals surface area (Å²) < 4.78 is 0. The molecule has 5 nitrogen and oxygen atoms in total. The molecule has 0 amide bonds. The van der Waals surface area contributed by atoms with Crippen LogP contribution in [0.25, 0.3) is 0 Å². The SMILES string of the molecule is NCCCCCCNCCCCC(N)C(=O)O. The molecule has 0 aromatic heterocycles. The standard InChI is InChI=1S/C12H27N3O2/c13-8-4-1-2-5-9-15-10-6-3-7-11(14)12(16)17/h11,15H,1-10,13-14H2,(H,16,17). The molecule has 0 radical (unpaired) electrons. The zero-order chi connectivity index (χ0) is 12.9. The van der Waals surface area contributed by atoms with E-state index >= 15 is 0 Å². The highest BCUT2D eigenvalue weighted by Crippen LogP contribution is 1.99. The van der Waals surface area contributed by atoms with E-state index in [1.807, 2.05) is 0 Å². The molecule has 1 unspecified atom stereocenters. The van der Waals surface area contributed by atoms with Gasteiger partial charge in [-0.3, -0.25) is 4.79 Å². The molecule has 1 atom stereocenters. The summed E-state index contributed by atoms with van der Waals surface area (Å²) in [6.07, 6.45) is 7.17. The van der Waals surface area contributed by atoms with Gasteiger partial charge in [0.2, 0.25) is 0 Å². The van der Waals surface area contributed by atoms with Crippen molar-refractivity contribution in [3.63, 3.8) is 0 Å². The van der Waals surface area contributed by atoms with Crippen molar-refractivity contribution in [2.24, 2.45) is 11.5 Å². The first-order valence-electron chi connectivity index (χ1n) is 6.57. The largest absolute Gasteiger partial charge is 0.480 e. The van der Waals surface area contributed by atoms with Gasteiger partial charge in [0, 0.05) is 0 Å². The van der Waals surface area contributed by atoms with Crippen LogP contribution in [0.4, 0.5) is 0 Å². The summed E-state index contributed by atoms with van der Waals surface area (Å²) in [5.41, 5.74) is 10.8. The smallest absolute Gasteiger partial charge is 0.320 e. The number of hydrogen-bond acceptors (Lipinski definition) is 4. The van der Waals surface area contributed by atoms with Crippen LogP contribution in [-0.4, -0.2) is 36.8 Å².